The number of alkyl halides is 3. The van der Waals surface area contributed by atoms with Gasteiger partial charge in [-0.25, -0.2) is 0 Å². The van der Waals surface area contributed by atoms with Crippen LogP contribution in [0.3, 0.4) is 0 Å². The number of methoxy groups -OCH3 is 1. The standard InChI is InChI=1S/C12H10F3NO4/c1-19-7-2-3-8-9(6-7)16(11(18)10(8)17)4-5-20-12(13,14)15/h2-3,6H,4-5H2,1H3. The molecule has 0 unspecified atom stereocenters. The number of fused-ring (bicyclic) bond motifs is 1. The predicted octanol–water partition coefficient (Wildman–Crippen LogP) is 1.76. The van der Waals surface area contributed by atoms with Gasteiger partial charge >= 0.3 is 6.36 Å². The van der Waals surface area contributed by atoms with Crippen LogP contribution < -0.4 is 9.64 Å². The van der Waals surface area contributed by atoms with E-state index >= 15 is 0 Å². The SMILES string of the molecule is COc1ccc2c(c1)N(CCOC(F)(F)F)C(=O)C2=O. The highest BCUT2D eigenvalue weighted by Crippen LogP contribution is 2.32. The van der Waals surface area contributed by atoms with E-state index in [4.69, 9.17) is 4.74 Å². The normalized spacial score (nSPS) is 14.7. The van der Waals surface area contributed by atoms with Crippen molar-refractivity contribution >= 4 is 17.4 Å². The van der Waals surface area contributed by atoms with E-state index in [0.29, 0.717) is 5.75 Å². The number of hydrogen-bond donors (Lipinski definition) is 0. The summed E-state index contributed by atoms with van der Waals surface area (Å²) in [4.78, 5) is 24.3. The second-order valence-electron chi connectivity index (χ2n) is 3.96. The number of Topliss-reactive ketones (excluding diaryl/α,β-unsaturated/α-hetero) is 1. The highest BCUT2D eigenvalue weighted by molar-refractivity contribution is 6.52. The first-order valence-corrected chi connectivity index (χ1v) is 5.58. The summed E-state index contributed by atoms with van der Waals surface area (Å²) in [5, 5.41) is 0. The summed E-state index contributed by atoms with van der Waals surface area (Å²) in [5.41, 5.74) is 0.368. The number of anilines is 1. The van der Waals surface area contributed by atoms with Gasteiger partial charge in [-0.15, -0.1) is 13.2 Å². The Hall–Kier alpha value is -2.09. The summed E-state index contributed by atoms with van der Waals surface area (Å²) in [6, 6.07) is 4.32. The predicted molar refractivity (Wildman–Crippen MR) is 61.7 cm³/mol. The fourth-order valence-electron chi connectivity index (χ4n) is 1.88. The zero-order valence-corrected chi connectivity index (χ0v) is 10.4. The van der Waals surface area contributed by atoms with Gasteiger partial charge in [0.05, 0.1) is 31.5 Å². The van der Waals surface area contributed by atoms with E-state index in [-0.39, 0.29) is 17.8 Å². The summed E-state index contributed by atoms with van der Waals surface area (Å²) in [6.45, 7) is -1.12. The van der Waals surface area contributed by atoms with Crippen molar-refractivity contribution in [3.8, 4) is 5.75 Å². The highest BCUT2D eigenvalue weighted by atomic mass is 19.4. The molecule has 0 N–H and O–H groups in total. The number of halogens is 3. The maximum absolute atomic E-state index is 11.9. The minimum absolute atomic E-state index is 0.141. The van der Waals surface area contributed by atoms with E-state index in [9.17, 15) is 22.8 Å². The van der Waals surface area contributed by atoms with E-state index in [0.717, 1.165) is 4.90 Å². The maximum Gasteiger partial charge on any atom is 0.522 e. The van der Waals surface area contributed by atoms with Crippen LogP contribution in [0.1, 0.15) is 10.4 Å². The lowest BCUT2D eigenvalue weighted by Gasteiger charge is -2.17. The molecule has 0 aromatic heterocycles. The second kappa shape index (κ2) is 5.12. The van der Waals surface area contributed by atoms with E-state index in [2.05, 4.69) is 4.74 Å². The van der Waals surface area contributed by atoms with Crippen LogP contribution >= 0.6 is 0 Å². The van der Waals surface area contributed by atoms with Gasteiger partial charge in [0.25, 0.3) is 11.7 Å². The monoisotopic (exact) mass is 289 g/mol. The maximum atomic E-state index is 11.9. The van der Waals surface area contributed by atoms with Crippen molar-refractivity contribution in [1.82, 2.24) is 0 Å². The molecule has 1 amide bonds. The molecule has 1 aliphatic rings. The van der Waals surface area contributed by atoms with Crippen LogP contribution in [-0.4, -0.2) is 38.3 Å². The Morgan fingerprint density at radius 3 is 2.55 bits per heavy atom. The van der Waals surface area contributed by atoms with Gasteiger partial charge in [-0.2, -0.15) is 0 Å². The summed E-state index contributed by atoms with van der Waals surface area (Å²) >= 11 is 0. The lowest BCUT2D eigenvalue weighted by Crippen LogP contribution is -2.34. The van der Waals surface area contributed by atoms with Crippen LogP contribution in [0.15, 0.2) is 18.2 Å². The third-order valence-electron chi connectivity index (χ3n) is 2.76. The molecule has 0 fully saturated rings. The Balaban J connectivity index is 2.19. The number of carbonyl (C=O) groups excluding carboxylic acids is 2. The largest absolute Gasteiger partial charge is 0.522 e. The van der Waals surface area contributed by atoms with E-state index in [1.165, 1.54) is 25.3 Å². The van der Waals surface area contributed by atoms with Gasteiger partial charge in [-0.3, -0.25) is 14.3 Å². The van der Waals surface area contributed by atoms with Crippen molar-refractivity contribution in [3.05, 3.63) is 23.8 Å². The molecule has 0 saturated carbocycles. The van der Waals surface area contributed by atoms with Crippen LogP contribution in [0, 0.1) is 0 Å². The smallest absolute Gasteiger partial charge is 0.497 e. The number of carbonyl (C=O) groups is 2. The zero-order valence-electron chi connectivity index (χ0n) is 10.4. The number of rotatable bonds is 4. The molecular weight excluding hydrogens is 279 g/mol. The molecule has 0 saturated heterocycles. The molecule has 1 aromatic carbocycles. The number of nitrogens with zero attached hydrogens (tertiary/aromatic N) is 1. The lowest BCUT2D eigenvalue weighted by atomic mass is 10.1. The van der Waals surface area contributed by atoms with Crippen molar-refractivity contribution in [2.24, 2.45) is 0 Å². The Kier molecular flexibility index (Phi) is 3.67. The van der Waals surface area contributed by atoms with Crippen molar-refractivity contribution in [1.29, 1.82) is 0 Å². The molecular formula is C12H10F3NO4. The van der Waals surface area contributed by atoms with Crippen LogP contribution in [0.4, 0.5) is 18.9 Å². The molecule has 5 nitrogen and oxygen atoms in total. The number of ether oxygens (including phenoxy) is 2. The van der Waals surface area contributed by atoms with Crippen molar-refractivity contribution in [2.75, 3.05) is 25.2 Å². The van der Waals surface area contributed by atoms with Crippen molar-refractivity contribution < 1.29 is 32.2 Å². The van der Waals surface area contributed by atoms with Gasteiger partial charge in [0.2, 0.25) is 0 Å². The lowest BCUT2D eigenvalue weighted by molar-refractivity contribution is -0.323. The molecule has 20 heavy (non-hydrogen) atoms. The first-order chi connectivity index (χ1) is 9.33. The third kappa shape index (κ3) is 2.74. The molecule has 0 atom stereocenters. The van der Waals surface area contributed by atoms with Crippen LogP contribution in [0.5, 0.6) is 5.75 Å². The molecule has 0 radical (unpaired) electrons. The zero-order chi connectivity index (χ0) is 14.9. The molecule has 0 aliphatic carbocycles. The average molecular weight is 289 g/mol. The van der Waals surface area contributed by atoms with Gasteiger partial charge < -0.3 is 9.64 Å². The van der Waals surface area contributed by atoms with Crippen molar-refractivity contribution in [3.63, 3.8) is 0 Å². The first-order valence-electron chi connectivity index (χ1n) is 5.58. The van der Waals surface area contributed by atoms with Gasteiger partial charge in [0.15, 0.2) is 0 Å². The van der Waals surface area contributed by atoms with E-state index in [1.54, 1.807) is 0 Å². The molecule has 1 heterocycles. The quantitative estimate of drug-likeness (QED) is 0.793. The molecule has 108 valence electrons. The van der Waals surface area contributed by atoms with Crippen LogP contribution in [-0.2, 0) is 9.53 Å². The molecule has 0 spiro atoms. The Labute approximate surface area is 111 Å². The molecule has 2 rings (SSSR count). The van der Waals surface area contributed by atoms with Crippen LogP contribution in [0.25, 0.3) is 0 Å². The Morgan fingerprint density at radius 2 is 1.95 bits per heavy atom. The first kappa shape index (κ1) is 14.3. The molecule has 1 aromatic rings. The number of hydrogen-bond acceptors (Lipinski definition) is 4. The fraction of sp³-hybridized carbons (Fsp3) is 0.333. The molecule has 1 aliphatic heterocycles. The number of benzene rings is 1. The molecule has 8 heteroatoms. The minimum atomic E-state index is -4.77. The topological polar surface area (TPSA) is 55.8 Å². The summed E-state index contributed by atoms with van der Waals surface area (Å²) in [6.07, 6.45) is -4.77. The summed E-state index contributed by atoms with van der Waals surface area (Å²) in [5.74, 6) is -1.23. The average Bonchev–Trinajstić information content (AvgIpc) is 2.62. The van der Waals surface area contributed by atoms with Gasteiger partial charge in [-0.05, 0) is 12.1 Å². The Morgan fingerprint density at radius 1 is 1.25 bits per heavy atom. The summed E-state index contributed by atoms with van der Waals surface area (Å²) < 4.78 is 44.3. The van der Waals surface area contributed by atoms with Gasteiger partial charge in [0, 0.05) is 6.07 Å². The molecule has 0 bridgehead atoms. The van der Waals surface area contributed by atoms with E-state index < -0.39 is 24.7 Å². The van der Waals surface area contributed by atoms with E-state index in [1.807, 2.05) is 0 Å². The Bertz CT molecular complexity index is 556. The highest BCUT2D eigenvalue weighted by Gasteiger charge is 2.37. The third-order valence-corrected chi connectivity index (χ3v) is 2.76. The second-order valence-corrected chi connectivity index (χ2v) is 3.96. The number of ketones is 1. The number of amides is 1. The fourth-order valence-corrected chi connectivity index (χ4v) is 1.88. The van der Waals surface area contributed by atoms with Crippen LogP contribution in [0.2, 0.25) is 0 Å². The van der Waals surface area contributed by atoms with Crippen molar-refractivity contribution in [2.45, 2.75) is 6.36 Å². The summed E-state index contributed by atoms with van der Waals surface area (Å²) in [7, 11) is 1.40. The van der Waals surface area contributed by atoms with Gasteiger partial charge in [-0.1, -0.05) is 0 Å². The minimum Gasteiger partial charge on any atom is -0.497 e. The van der Waals surface area contributed by atoms with Gasteiger partial charge in [0.1, 0.15) is 5.75 Å².